The van der Waals surface area contributed by atoms with Crippen LogP contribution in [0.5, 0.6) is 0 Å². The smallest absolute Gasteiger partial charge is 0.324 e. The number of carbonyl (C=O) groups excluding carboxylic acids is 1. The molecule has 9 heteroatoms. The first-order valence-electron chi connectivity index (χ1n) is 9.34. The molecule has 1 N–H and O–H groups in total. The fourth-order valence-electron chi connectivity index (χ4n) is 3.08. The number of anilines is 1. The van der Waals surface area contributed by atoms with Crippen LogP contribution >= 0.6 is 0 Å². The number of hydrogen-bond acceptors (Lipinski definition) is 4. The van der Waals surface area contributed by atoms with Crippen molar-refractivity contribution in [3.05, 3.63) is 75.8 Å². The molecule has 0 bridgehead atoms. The number of amides is 1. The van der Waals surface area contributed by atoms with Crippen molar-refractivity contribution in [1.29, 1.82) is 0 Å². The van der Waals surface area contributed by atoms with Crippen molar-refractivity contribution < 1.29 is 18.0 Å². The van der Waals surface area contributed by atoms with E-state index < -0.39 is 17.6 Å². The molecule has 0 atom stereocenters. The summed E-state index contributed by atoms with van der Waals surface area (Å²) < 4.78 is 40.8. The molecule has 158 valence electrons. The minimum atomic E-state index is -4.57. The van der Waals surface area contributed by atoms with E-state index in [1.165, 1.54) is 28.7 Å². The fraction of sp³-hybridized carbons (Fsp3) is 0.286. The van der Waals surface area contributed by atoms with Crippen LogP contribution in [-0.2, 0) is 17.5 Å². The Morgan fingerprint density at radius 3 is 2.63 bits per heavy atom. The van der Waals surface area contributed by atoms with Crippen LogP contribution in [-0.4, -0.2) is 33.3 Å². The Labute approximate surface area is 171 Å². The molecule has 2 heterocycles. The Hall–Kier alpha value is -3.20. The van der Waals surface area contributed by atoms with Crippen molar-refractivity contribution in [1.82, 2.24) is 14.3 Å². The molecular weight excluding hydrogens is 397 g/mol. The topological polar surface area (TPSA) is 66.7 Å². The predicted molar refractivity (Wildman–Crippen MR) is 107 cm³/mol. The van der Waals surface area contributed by atoms with Crippen molar-refractivity contribution in [2.24, 2.45) is 0 Å². The highest BCUT2D eigenvalue weighted by molar-refractivity contribution is 5.93. The number of likely N-dealkylation sites (N-methyl/N-ethyl adjacent to an activating group) is 1. The maximum absolute atomic E-state index is 13.1. The predicted octanol–water partition coefficient (Wildman–Crippen LogP) is 3.48. The first-order valence-corrected chi connectivity index (χ1v) is 9.34. The Balaban J connectivity index is 1.74. The summed E-state index contributed by atoms with van der Waals surface area (Å²) in [5.74, 6) is -0.582. The Bertz CT molecular complexity index is 1130. The standard InChI is InChI=1S/C21H21F3N4O2/c1-3-27(12-15-10-20(30)28-11-14(2)8-9-18(28)25-15)13-19(29)26-17-7-5-4-6-16(17)21(22,23)24/h4-11H,3,12-13H2,1-2H3,(H,26,29). The van der Waals surface area contributed by atoms with Crippen LogP contribution in [0.3, 0.4) is 0 Å². The Morgan fingerprint density at radius 1 is 1.20 bits per heavy atom. The van der Waals surface area contributed by atoms with Gasteiger partial charge in [-0.05, 0) is 37.2 Å². The molecule has 6 nitrogen and oxygen atoms in total. The first-order chi connectivity index (χ1) is 14.2. The lowest BCUT2D eigenvalue weighted by Gasteiger charge is -2.20. The molecule has 0 unspecified atom stereocenters. The van der Waals surface area contributed by atoms with Crippen molar-refractivity contribution in [3.8, 4) is 0 Å². The zero-order valence-corrected chi connectivity index (χ0v) is 16.5. The van der Waals surface area contributed by atoms with Crippen molar-refractivity contribution in [2.45, 2.75) is 26.6 Å². The number of carbonyl (C=O) groups is 1. The SMILES string of the molecule is CCN(CC(=O)Nc1ccccc1C(F)(F)F)Cc1cc(=O)n2cc(C)ccc2n1. The molecule has 1 amide bonds. The highest BCUT2D eigenvalue weighted by atomic mass is 19.4. The van der Waals surface area contributed by atoms with E-state index >= 15 is 0 Å². The van der Waals surface area contributed by atoms with Gasteiger partial charge in [-0.1, -0.05) is 25.1 Å². The van der Waals surface area contributed by atoms with E-state index in [0.717, 1.165) is 11.6 Å². The molecule has 0 radical (unpaired) electrons. The lowest BCUT2D eigenvalue weighted by molar-refractivity contribution is -0.137. The molecule has 0 saturated heterocycles. The van der Waals surface area contributed by atoms with Crippen LogP contribution in [0.1, 0.15) is 23.7 Å². The van der Waals surface area contributed by atoms with Gasteiger partial charge in [-0.2, -0.15) is 13.2 Å². The Morgan fingerprint density at radius 2 is 1.93 bits per heavy atom. The molecule has 0 aliphatic heterocycles. The van der Waals surface area contributed by atoms with Crippen LogP contribution < -0.4 is 10.9 Å². The van der Waals surface area contributed by atoms with Gasteiger partial charge in [0.1, 0.15) is 5.65 Å². The van der Waals surface area contributed by atoms with E-state index in [1.807, 2.05) is 19.9 Å². The van der Waals surface area contributed by atoms with Gasteiger partial charge in [0, 0.05) is 18.8 Å². The summed E-state index contributed by atoms with van der Waals surface area (Å²) in [6, 6.07) is 9.79. The third-order valence-corrected chi connectivity index (χ3v) is 4.57. The minimum absolute atomic E-state index is 0.141. The quantitative estimate of drug-likeness (QED) is 0.666. The highest BCUT2D eigenvalue weighted by Crippen LogP contribution is 2.34. The summed E-state index contributed by atoms with van der Waals surface area (Å²) in [7, 11) is 0. The number of rotatable bonds is 6. The normalized spacial score (nSPS) is 11.8. The highest BCUT2D eigenvalue weighted by Gasteiger charge is 2.33. The average molecular weight is 418 g/mol. The van der Waals surface area contributed by atoms with Gasteiger partial charge in [-0.3, -0.25) is 18.9 Å². The summed E-state index contributed by atoms with van der Waals surface area (Å²) in [6.45, 7) is 4.20. The fourth-order valence-corrected chi connectivity index (χ4v) is 3.08. The van der Waals surface area contributed by atoms with Crippen LogP contribution in [0.4, 0.5) is 18.9 Å². The van der Waals surface area contributed by atoms with Gasteiger partial charge in [0.25, 0.3) is 5.56 Å². The van der Waals surface area contributed by atoms with Crippen LogP contribution in [0.2, 0.25) is 0 Å². The molecule has 0 spiro atoms. The van der Waals surface area contributed by atoms with Gasteiger partial charge in [0.05, 0.1) is 23.5 Å². The van der Waals surface area contributed by atoms with E-state index in [-0.39, 0.29) is 24.3 Å². The van der Waals surface area contributed by atoms with Gasteiger partial charge in [0.15, 0.2) is 0 Å². The number of pyridine rings is 1. The monoisotopic (exact) mass is 418 g/mol. The number of halogens is 3. The molecule has 30 heavy (non-hydrogen) atoms. The van der Waals surface area contributed by atoms with Crippen molar-refractivity contribution >= 4 is 17.2 Å². The average Bonchev–Trinajstić information content (AvgIpc) is 2.67. The number of aromatic nitrogens is 2. The second kappa shape index (κ2) is 8.66. The second-order valence-corrected chi connectivity index (χ2v) is 6.92. The summed E-state index contributed by atoms with van der Waals surface area (Å²) in [6.07, 6.45) is -2.87. The number of para-hydroxylation sites is 1. The van der Waals surface area contributed by atoms with Gasteiger partial charge >= 0.3 is 6.18 Å². The summed E-state index contributed by atoms with van der Waals surface area (Å²) in [5, 5.41) is 2.33. The third kappa shape index (κ3) is 5.04. The lowest BCUT2D eigenvalue weighted by atomic mass is 10.1. The zero-order valence-electron chi connectivity index (χ0n) is 16.5. The Kier molecular flexibility index (Phi) is 6.21. The molecule has 0 aliphatic rings. The lowest BCUT2D eigenvalue weighted by Crippen LogP contribution is -2.34. The summed E-state index contributed by atoms with van der Waals surface area (Å²) in [5.41, 5.74) is 0.463. The zero-order chi connectivity index (χ0) is 21.9. The number of fused-ring (bicyclic) bond motifs is 1. The second-order valence-electron chi connectivity index (χ2n) is 6.92. The van der Waals surface area contributed by atoms with Crippen LogP contribution in [0.15, 0.2) is 53.5 Å². The number of nitrogens with one attached hydrogen (secondary N) is 1. The van der Waals surface area contributed by atoms with Crippen molar-refractivity contribution in [3.63, 3.8) is 0 Å². The number of hydrogen-bond donors (Lipinski definition) is 1. The largest absolute Gasteiger partial charge is 0.418 e. The van der Waals surface area contributed by atoms with Crippen molar-refractivity contribution in [2.75, 3.05) is 18.4 Å². The number of alkyl halides is 3. The first kappa shape index (κ1) is 21.5. The van der Waals surface area contributed by atoms with Gasteiger partial charge in [-0.15, -0.1) is 0 Å². The molecule has 3 aromatic rings. The summed E-state index contributed by atoms with van der Waals surface area (Å²) >= 11 is 0. The van der Waals surface area contributed by atoms with E-state index in [2.05, 4.69) is 10.3 Å². The van der Waals surface area contributed by atoms with Gasteiger partial charge in [0.2, 0.25) is 5.91 Å². The molecule has 0 saturated carbocycles. The molecule has 1 aromatic carbocycles. The van der Waals surface area contributed by atoms with E-state index in [1.54, 1.807) is 17.2 Å². The number of benzene rings is 1. The van der Waals surface area contributed by atoms with E-state index in [9.17, 15) is 22.8 Å². The minimum Gasteiger partial charge on any atom is -0.324 e. The van der Waals surface area contributed by atoms with Crippen LogP contribution in [0.25, 0.3) is 5.65 Å². The van der Waals surface area contributed by atoms with E-state index in [4.69, 9.17) is 0 Å². The molecule has 2 aromatic heterocycles. The molecule has 3 rings (SSSR count). The maximum atomic E-state index is 13.1. The maximum Gasteiger partial charge on any atom is 0.418 e. The van der Waals surface area contributed by atoms with Gasteiger partial charge in [-0.25, -0.2) is 4.98 Å². The van der Waals surface area contributed by atoms with Gasteiger partial charge < -0.3 is 5.32 Å². The van der Waals surface area contributed by atoms with E-state index in [0.29, 0.717) is 17.9 Å². The third-order valence-electron chi connectivity index (χ3n) is 4.57. The summed E-state index contributed by atoms with van der Waals surface area (Å²) in [4.78, 5) is 30.8. The number of aryl methyl sites for hydroxylation is 1. The molecule has 0 aliphatic carbocycles. The van der Waals surface area contributed by atoms with Crippen LogP contribution in [0, 0.1) is 6.92 Å². The molecular formula is C21H21F3N4O2. The molecule has 0 fully saturated rings. The number of nitrogens with zero attached hydrogens (tertiary/aromatic N) is 3.